The largest absolute Gasteiger partial charge is 0.0945 e. The quantitative estimate of drug-likeness (QED) is 0.360. The summed E-state index contributed by atoms with van der Waals surface area (Å²) < 4.78 is 0. The Hall–Kier alpha value is -1.47. The Balaban J connectivity index is 1.97. The molecule has 1 heteroatoms. The topological polar surface area (TPSA) is 0 Å². The van der Waals surface area contributed by atoms with Crippen LogP contribution in [-0.2, 0) is 0 Å². The molecule has 0 nitrogen and oxygen atoms in total. The minimum Gasteiger partial charge on any atom is -0.0945 e. The highest BCUT2D eigenvalue weighted by molar-refractivity contribution is 8.03. The van der Waals surface area contributed by atoms with Gasteiger partial charge in [-0.3, -0.25) is 0 Å². The summed E-state index contributed by atoms with van der Waals surface area (Å²) in [4.78, 5) is 2.23. The minimum absolute atomic E-state index is 0.531. The van der Waals surface area contributed by atoms with Crippen molar-refractivity contribution in [3.63, 3.8) is 0 Å². The monoisotopic (exact) mass is 309 g/mol. The Morgan fingerprint density at radius 2 is 1.59 bits per heavy atom. The number of allylic oxidation sites excluding steroid dienone is 1. The standard InChI is InChI=1S/C21H25S/c1-3-4-7-14-20(19-12-8-5-9-13-19)17-18(2)22-21-15-10-6-11-16-21/h2,5-6,8-13,15-16,20H,3-4,7,14,17H2,1H3. The van der Waals surface area contributed by atoms with Gasteiger partial charge in [0.25, 0.3) is 0 Å². The van der Waals surface area contributed by atoms with Crippen LogP contribution in [0.3, 0.4) is 0 Å². The van der Waals surface area contributed by atoms with Gasteiger partial charge in [0.05, 0.1) is 0 Å². The number of thioether (sulfide) groups is 1. The molecule has 0 saturated carbocycles. The lowest BCUT2D eigenvalue weighted by atomic mass is 9.90. The first kappa shape index (κ1) is 16.9. The Labute approximate surface area is 139 Å². The molecule has 1 radical (unpaired) electrons. The van der Waals surface area contributed by atoms with Crippen molar-refractivity contribution < 1.29 is 0 Å². The van der Waals surface area contributed by atoms with Crippen LogP contribution < -0.4 is 0 Å². The van der Waals surface area contributed by atoms with Crippen LogP contribution in [-0.4, -0.2) is 0 Å². The van der Waals surface area contributed by atoms with Crippen LogP contribution in [0, 0.1) is 6.58 Å². The highest BCUT2D eigenvalue weighted by atomic mass is 32.2. The Bertz CT molecular complexity index is 545. The summed E-state index contributed by atoms with van der Waals surface area (Å²) in [7, 11) is 0. The van der Waals surface area contributed by atoms with Crippen molar-refractivity contribution in [1.29, 1.82) is 0 Å². The molecule has 22 heavy (non-hydrogen) atoms. The van der Waals surface area contributed by atoms with Gasteiger partial charge in [-0.05, 0) is 41.4 Å². The first-order valence-corrected chi connectivity index (χ1v) is 9.00. The molecule has 2 aromatic rings. The normalized spacial score (nSPS) is 12.0. The number of benzene rings is 2. The van der Waals surface area contributed by atoms with Gasteiger partial charge in [-0.2, -0.15) is 0 Å². The molecular weight excluding hydrogens is 284 g/mol. The van der Waals surface area contributed by atoms with E-state index in [1.807, 2.05) is 6.07 Å². The molecule has 2 aromatic carbocycles. The highest BCUT2D eigenvalue weighted by Crippen LogP contribution is 2.35. The van der Waals surface area contributed by atoms with Crippen LogP contribution in [0.25, 0.3) is 0 Å². The highest BCUT2D eigenvalue weighted by Gasteiger charge is 2.13. The van der Waals surface area contributed by atoms with Crippen LogP contribution in [0.1, 0.15) is 50.5 Å². The van der Waals surface area contributed by atoms with Crippen molar-refractivity contribution in [2.75, 3.05) is 0 Å². The van der Waals surface area contributed by atoms with E-state index in [0.29, 0.717) is 5.92 Å². The molecule has 0 aromatic heterocycles. The third-order valence-corrected chi connectivity index (χ3v) is 4.80. The van der Waals surface area contributed by atoms with E-state index in [1.54, 1.807) is 11.8 Å². The van der Waals surface area contributed by atoms with Gasteiger partial charge >= 0.3 is 0 Å². The van der Waals surface area contributed by atoms with Crippen molar-refractivity contribution in [1.82, 2.24) is 0 Å². The molecule has 115 valence electrons. The van der Waals surface area contributed by atoms with Crippen LogP contribution in [0.4, 0.5) is 0 Å². The molecule has 0 N–H and O–H groups in total. The second-order valence-corrected chi connectivity index (χ2v) is 6.89. The lowest BCUT2D eigenvalue weighted by Crippen LogP contribution is -2.00. The first-order valence-electron chi connectivity index (χ1n) is 8.18. The Morgan fingerprint density at radius 1 is 0.955 bits per heavy atom. The number of unbranched alkanes of at least 4 members (excludes halogenated alkanes) is 2. The van der Waals surface area contributed by atoms with Crippen LogP contribution in [0.5, 0.6) is 0 Å². The van der Waals surface area contributed by atoms with Crippen LogP contribution >= 0.6 is 11.8 Å². The van der Waals surface area contributed by atoms with Crippen molar-refractivity contribution in [2.45, 2.75) is 49.8 Å². The molecule has 1 unspecified atom stereocenters. The zero-order valence-electron chi connectivity index (χ0n) is 13.4. The first-order chi connectivity index (χ1) is 10.8. The van der Waals surface area contributed by atoms with Crippen LogP contribution in [0.15, 0.2) is 70.5 Å². The summed E-state index contributed by atoms with van der Waals surface area (Å²) in [5.41, 5.74) is 1.41. The lowest BCUT2D eigenvalue weighted by molar-refractivity contribution is 0.568. The third-order valence-electron chi connectivity index (χ3n) is 3.87. The van der Waals surface area contributed by atoms with Gasteiger partial charge in [-0.25, -0.2) is 0 Å². The average Bonchev–Trinajstić information content (AvgIpc) is 2.56. The fourth-order valence-electron chi connectivity index (χ4n) is 2.68. The van der Waals surface area contributed by atoms with Crippen molar-refractivity contribution in [3.8, 4) is 0 Å². The van der Waals surface area contributed by atoms with Crippen molar-refractivity contribution >= 4 is 11.8 Å². The smallest absolute Gasteiger partial charge is 0.0119 e. The fraction of sp³-hybridized carbons (Fsp3) is 0.333. The maximum atomic E-state index is 6.33. The van der Waals surface area contributed by atoms with Crippen molar-refractivity contribution in [2.24, 2.45) is 0 Å². The maximum absolute atomic E-state index is 6.33. The molecule has 0 fully saturated rings. The maximum Gasteiger partial charge on any atom is 0.0119 e. The van der Waals surface area contributed by atoms with E-state index in [9.17, 15) is 0 Å². The molecule has 2 rings (SSSR count). The molecule has 0 aliphatic heterocycles. The molecular formula is C21H25S. The lowest BCUT2D eigenvalue weighted by Gasteiger charge is -2.18. The fourth-order valence-corrected chi connectivity index (χ4v) is 3.56. The van der Waals surface area contributed by atoms with Gasteiger partial charge < -0.3 is 0 Å². The SMILES string of the molecule is [CH]=C(CC(CCCCC)c1ccccc1)Sc1ccccc1. The van der Waals surface area contributed by atoms with Crippen molar-refractivity contribution in [3.05, 3.63) is 77.7 Å². The molecule has 1 atom stereocenters. The Morgan fingerprint density at radius 3 is 2.23 bits per heavy atom. The van der Waals surface area contributed by atoms with E-state index in [0.717, 1.165) is 11.3 Å². The van der Waals surface area contributed by atoms with Crippen LogP contribution in [0.2, 0.25) is 0 Å². The summed E-state index contributed by atoms with van der Waals surface area (Å²) in [5, 5.41) is 0. The second-order valence-electron chi connectivity index (χ2n) is 5.69. The molecule has 0 spiro atoms. The summed E-state index contributed by atoms with van der Waals surface area (Å²) >= 11 is 1.70. The van der Waals surface area contributed by atoms with E-state index in [1.165, 1.54) is 36.1 Å². The molecule has 0 saturated heterocycles. The average molecular weight is 309 g/mol. The third kappa shape index (κ3) is 5.73. The summed E-state index contributed by atoms with van der Waals surface area (Å²) in [6.07, 6.45) is 6.01. The zero-order valence-corrected chi connectivity index (χ0v) is 14.2. The molecule has 0 heterocycles. The van der Waals surface area contributed by atoms with E-state index in [4.69, 9.17) is 6.58 Å². The van der Waals surface area contributed by atoms with E-state index in [-0.39, 0.29) is 0 Å². The Kier molecular flexibility index (Phi) is 7.32. The van der Waals surface area contributed by atoms with E-state index >= 15 is 0 Å². The minimum atomic E-state index is 0.531. The van der Waals surface area contributed by atoms with Gasteiger partial charge in [0.2, 0.25) is 0 Å². The number of hydrogen-bond acceptors (Lipinski definition) is 1. The summed E-state index contributed by atoms with van der Waals surface area (Å²) in [6, 6.07) is 21.2. The molecule has 0 aliphatic rings. The molecule has 0 amide bonds. The van der Waals surface area contributed by atoms with E-state index in [2.05, 4.69) is 61.5 Å². The van der Waals surface area contributed by atoms with Gasteiger partial charge in [-0.15, -0.1) is 0 Å². The zero-order chi connectivity index (χ0) is 15.6. The second kappa shape index (κ2) is 9.53. The van der Waals surface area contributed by atoms with Gasteiger partial charge in [0.15, 0.2) is 0 Å². The van der Waals surface area contributed by atoms with Gasteiger partial charge in [0, 0.05) is 4.90 Å². The van der Waals surface area contributed by atoms with Gasteiger partial charge in [-0.1, -0.05) is 93.1 Å². The number of rotatable bonds is 9. The summed E-state index contributed by atoms with van der Waals surface area (Å²) in [5.74, 6) is 0.531. The predicted molar refractivity (Wildman–Crippen MR) is 98.1 cm³/mol. The molecule has 0 bridgehead atoms. The van der Waals surface area contributed by atoms with E-state index < -0.39 is 0 Å². The van der Waals surface area contributed by atoms with Gasteiger partial charge in [0.1, 0.15) is 0 Å². The summed E-state index contributed by atoms with van der Waals surface area (Å²) in [6.45, 7) is 8.58. The molecule has 0 aliphatic carbocycles. The predicted octanol–water partition coefficient (Wildman–Crippen LogP) is 6.85. The number of hydrogen-bond donors (Lipinski definition) is 0.